The van der Waals surface area contributed by atoms with Gasteiger partial charge in [-0.15, -0.1) is 0 Å². The Labute approximate surface area is 119 Å². The van der Waals surface area contributed by atoms with Gasteiger partial charge in [-0.3, -0.25) is 4.79 Å². The molecule has 1 rings (SSSR count). The van der Waals surface area contributed by atoms with Gasteiger partial charge in [0, 0.05) is 6.08 Å². The van der Waals surface area contributed by atoms with Crippen LogP contribution in [0.1, 0.15) is 25.5 Å². The van der Waals surface area contributed by atoms with E-state index in [9.17, 15) is 13.2 Å². The van der Waals surface area contributed by atoms with Crippen LogP contribution in [0, 0.1) is 0 Å². The van der Waals surface area contributed by atoms with E-state index in [1.807, 2.05) is 19.9 Å². The second-order valence-corrected chi connectivity index (χ2v) is 5.79. The summed E-state index contributed by atoms with van der Waals surface area (Å²) in [6, 6.07) is 5.86. The largest absolute Gasteiger partial charge is 0.346 e. The van der Waals surface area contributed by atoms with E-state index in [2.05, 4.69) is 5.32 Å². The summed E-state index contributed by atoms with van der Waals surface area (Å²) in [5.74, 6) is -0.217. The zero-order valence-electron chi connectivity index (χ0n) is 11.4. The quantitative estimate of drug-likeness (QED) is 0.639. The predicted molar refractivity (Wildman–Crippen MR) is 78.3 cm³/mol. The first-order valence-corrected chi connectivity index (χ1v) is 7.62. The summed E-state index contributed by atoms with van der Waals surface area (Å²) in [6.45, 7) is 3.67. The van der Waals surface area contributed by atoms with Gasteiger partial charge < -0.3 is 5.32 Å². The van der Waals surface area contributed by atoms with E-state index in [-0.39, 0.29) is 16.8 Å². The van der Waals surface area contributed by atoms with E-state index in [1.165, 1.54) is 18.2 Å². The van der Waals surface area contributed by atoms with Gasteiger partial charge in [0.05, 0.1) is 10.9 Å². The molecule has 0 saturated heterocycles. The maximum absolute atomic E-state index is 11.6. The molecule has 0 heterocycles. The molecule has 5 nitrogen and oxygen atoms in total. The molecule has 0 unspecified atom stereocenters. The van der Waals surface area contributed by atoms with Gasteiger partial charge in [0.25, 0.3) is 0 Å². The number of carbonyl (C=O) groups excluding carboxylic acids is 1. The Bertz CT molecular complexity index is 616. The molecule has 0 bridgehead atoms. The Kier molecular flexibility index (Phi) is 5.66. The van der Waals surface area contributed by atoms with Crippen molar-refractivity contribution in [1.82, 2.24) is 5.32 Å². The first kappa shape index (κ1) is 16.1. The molecule has 1 amide bonds. The second kappa shape index (κ2) is 7.02. The van der Waals surface area contributed by atoms with Gasteiger partial charge in [-0.1, -0.05) is 30.4 Å². The highest BCUT2D eigenvalue weighted by Gasteiger charge is 2.10. The molecular formula is C14H18N2O3S. The standard InChI is InChI=1S/C14H18N2O3S/c1-3-4-5-6-14(17)16-11(2)12-7-9-13(10-8-12)20(15,18)19/h3-11H,1-2H3,(H,16,17)(H2,15,18,19)/b4-3+,6-5+/t11-/m1/s1. The van der Waals surface area contributed by atoms with Crippen molar-refractivity contribution in [1.29, 1.82) is 0 Å². The van der Waals surface area contributed by atoms with E-state index >= 15 is 0 Å². The number of hydrogen-bond acceptors (Lipinski definition) is 3. The van der Waals surface area contributed by atoms with E-state index in [0.29, 0.717) is 0 Å². The Hall–Kier alpha value is -1.92. The average molecular weight is 294 g/mol. The van der Waals surface area contributed by atoms with Crippen LogP contribution >= 0.6 is 0 Å². The third-order valence-electron chi connectivity index (χ3n) is 2.62. The molecule has 3 N–H and O–H groups in total. The van der Waals surface area contributed by atoms with Gasteiger partial charge in [0.2, 0.25) is 15.9 Å². The SMILES string of the molecule is C/C=C/C=C/C(=O)N[C@H](C)c1ccc(S(N)(=O)=O)cc1. The minimum atomic E-state index is -3.69. The fraction of sp³-hybridized carbons (Fsp3) is 0.214. The molecule has 108 valence electrons. The summed E-state index contributed by atoms with van der Waals surface area (Å²) in [5.41, 5.74) is 0.796. The number of allylic oxidation sites excluding steroid dienone is 3. The molecule has 6 heteroatoms. The van der Waals surface area contributed by atoms with Crippen molar-refractivity contribution < 1.29 is 13.2 Å². The smallest absolute Gasteiger partial charge is 0.244 e. The Morgan fingerprint density at radius 2 is 1.85 bits per heavy atom. The highest BCUT2D eigenvalue weighted by Crippen LogP contribution is 2.15. The lowest BCUT2D eigenvalue weighted by molar-refractivity contribution is -0.117. The summed E-state index contributed by atoms with van der Waals surface area (Å²) >= 11 is 0. The summed E-state index contributed by atoms with van der Waals surface area (Å²) < 4.78 is 22.3. The van der Waals surface area contributed by atoms with E-state index in [4.69, 9.17) is 5.14 Å². The maximum atomic E-state index is 11.6. The molecular weight excluding hydrogens is 276 g/mol. The number of benzene rings is 1. The first-order chi connectivity index (χ1) is 9.34. The molecule has 20 heavy (non-hydrogen) atoms. The number of hydrogen-bond donors (Lipinski definition) is 2. The van der Waals surface area contributed by atoms with Crippen molar-refractivity contribution in [3.63, 3.8) is 0 Å². The molecule has 0 saturated carbocycles. The topological polar surface area (TPSA) is 89.3 Å². The zero-order valence-corrected chi connectivity index (χ0v) is 12.2. The van der Waals surface area contributed by atoms with Crippen molar-refractivity contribution in [2.24, 2.45) is 5.14 Å². The van der Waals surface area contributed by atoms with Crippen LogP contribution in [0.3, 0.4) is 0 Å². The average Bonchev–Trinajstić information content (AvgIpc) is 2.38. The molecule has 1 atom stereocenters. The third-order valence-corrected chi connectivity index (χ3v) is 3.55. The summed E-state index contributed by atoms with van der Waals surface area (Å²) in [4.78, 5) is 11.6. The van der Waals surface area contributed by atoms with Crippen LogP contribution in [0.25, 0.3) is 0 Å². The minimum absolute atomic E-state index is 0.0488. The number of nitrogens with one attached hydrogen (secondary N) is 1. The fourth-order valence-corrected chi connectivity index (χ4v) is 2.06. The minimum Gasteiger partial charge on any atom is -0.346 e. The van der Waals surface area contributed by atoms with E-state index < -0.39 is 10.0 Å². The molecule has 0 aromatic heterocycles. The van der Waals surface area contributed by atoms with Crippen molar-refractivity contribution in [3.05, 3.63) is 54.1 Å². The molecule has 0 spiro atoms. The highest BCUT2D eigenvalue weighted by molar-refractivity contribution is 7.89. The molecule has 0 aliphatic rings. The lowest BCUT2D eigenvalue weighted by atomic mass is 10.1. The third kappa shape index (κ3) is 4.99. The molecule has 0 aliphatic carbocycles. The second-order valence-electron chi connectivity index (χ2n) is 4.23. The Balaban J connectivity index is 2.73. The number of primary sulfonamides is 1. The number of amides is 1. The van der Waals surface area contributed by atoms with Gasteiger partial charge >= 0.3 is 0 Å². The van der Waals surface area contributed by atoms with Crippen LogP contribution in [0.5, 0.6) is 0 Å². The first-order valence-electron chi connectivity index (χ1n) is 6.07. The summed E-state index contributed by atoms with van der Waals surface area (Å²) in [6.07, 6.45) is 6.64. The molecule has 1 aromatic rings. The van der Waals surface area contributed by atoms with Crippen molar-refractivity contribution >= 4 is 15.9 Å². The van der Waals surface area contributed by atoms with Gasteiger partial charge in [0.15, 0.2) is 0 Å². The monoisotopic (exact) mass is 294 g/mol. The fourth-order valence-electron chi connectivity index (χ4n) is 1.55. The molecule has 1 aromatic carbocycles. The van der Waals surface area contributed by atoms with Gasteiger partial charge in [0.1, 0.15) is 0 Å². The van der Waals surface area contributed by atoms with Crippen molar-refractivity contribution in [3.8, 4) is 0 Å². The number of nitrogens with two attached hydrogens (primary N) is 1. The van der Waals surface area contributed by atoms with Crippen LogP contribution in [0.15, 0.2) is 53.5 Å². The Morgan fingerprint density at radius 1 is 1.25 bits per heavy atom. The predicted octanol–water partition coefficient (Wildman–Crippen LogP) is 1.64. The van der Waals surface area contributed by atoms with Crippen molar-refractivity contribution in [2.75, 3.05) is 0 Å². The number of rotatable bonds is 5. The normalized spacial score (nSPS) is 13.8. The lowest BCUT2D eigenvalue weighted by Gasteiger charge is -2.13. The molecule has 0 aliphatic heterocycles. The lowest BCUT2D eigenvalue weighted by Crippen LogP contribution is -2.24. The zero-order chi connectivity index (χ0) is 15.2. The number of sulfonamides is 1. The molecule has 0 radical (unpaired) electrons. The van der Waals surface area contributed by atoms with Crippen LogP contribution < -0.4 is 10.5 Å². The van der Waals surface area contributed by atoms with E-state index in [1.54, 1.807) is 24.3 Å². The van der Waals surface area contributed by atoms with E-state index in [0.717, 1.165) is 5.56 Å². The van der Waals surface area contributed by atoms with Crippen LogP contribution in [-0.2, 0) is 14.8 Å². The number of carbonyl (C=O) groups is 1. The van der Waals surface area contributed by atoms with Crippen LogP contribution in [-0.4, -0.2) is 14.3 Å². The van der Waals surface area contributed by atoms with Gasteiger partial charge in [-0.05, 0) is 31.5 Å². The summed E-state index contributed by atoms with van der Waals surface area (Å²) in [5, 5.41) is 7.79. The highest BCUT2D eigenvalue weighted by atomic mass is 32.2. The maximum Gasteiger partial charge on any atom is 0.244 e. The Morgan fingerprint density at radius 3 is 2.35 bits per heavy atom. The summed E-state index contributed by atoms with van der Waals surface area (Å²) in [7, 11) is -3.69. The van der Waals surface area contributed by atoms with Gasteiger partial charge in [-0.2, -0.15) is 0 Å². The van der Waals surface area contributed by atoms with Crippen LogP contribution in [0.2, 0.25) is 0 Å². The van der Waals surface area contributed by atoms with Gasteiger partial charge in [-0.25, -0.2) is 13.6 Å². The molecule has 0 fully saturated rings. The van der Waals surface area contributed by atoms with Crippen molar-refractivity contribution in [2.45, 2.75) is 24.8 Å². The van der Waals surface area contributed by atoms with Crippen LogP contribution in [0.4, 0.5) is 0 Å².